The lowest BCUT2D eigenvalue weighted by atomic mass is 10.0. The summed E-state index contributed by atoms with van der Waals surface area (Å²) >= 11 is 0. The number of benzene rings is 2. The third-order valence-corrected chi connectivity index (χ3v) is 4.82. The average molecular weight is 340 g/mol. The first kappa shape index (κ1) is 17.7. The maximum absolute atomic E-state index is 14.2. The van der Waals surface area contributed by atoms with Gasteiger partial charge in [-0.3, -0.25) is 4.79 Å². The number of ketones is 1. The number of hydrogen-bond acceptors (Lipinski definition) is 2. The number of Topliss-reactive ketones (excluding diaryl/α,β-unsaturated/α-hetero) is 1. The Morgan fingerprint density at radius 3 is 2.52 bits per heavy atom. The Labute approximate surface area is 149 Å². The van der Waals surface area contributed by atoms with Crippen LogP contribution in [0.2, 0.25) is 0 Å². The molecule has 1 aliphatic carbocycles. The predicted molar refractivity (Wildman–Crippen MR) is 98.2 cm³/mol. The van der Waals surface area contributed by atoms with Crippen molar-refractivity contribution in [2.45, 2.75) is 46.1 Å². The molecule has 2 nitrogen and oxygen atoms in total. The van der Waals surface area contributed by atoms with E-state index in [9.17, 15) is 9.18 Å². The summed E-state index contributed by atoms with van der Waals surface area (Å²) < 4.78 is 19.8. The summed E-state index contributed by atoms with van der Waals surface area (Å²) in [6, 6.07) is 12.9. The fraction of sp³-hybridized carbons (Fsp3) is 0.409. The molecule has 0 aromatic heterocycles. The minimum Gasteiger partial charge on any atom is -0.491 e. The zero-order valence-corrected chi connectivity index (χ0v) is 15.1. The van der Waals surface area contributed by atoms with Crippen LogP contribution >= 0.6 is 0 Å². The molecule has 2 unspecified atom stereocenters. The highest BCUT2D eigenvalue weighted by atomic mass is 19.1. The molecule has 3 heteroatoms. The third-order valence-electron chi connectivity index (χ3n) is 4.82. The molecule has 1 aliphatic rings. The molecule has 3 rings (SSSR count). The normalized spacial score (nSPS) is 19.1. The Morgan fingerprint density at radius 2 is 1.92 bits per heavy atom. The SMILES string of the molecule is CC(=O)C1CC1CCc1ccc(-c2cc(OC(C)C)ccc2F)cc1. The van der Waals surface area contributed by atoms with Gasteiger partial charge < -0.3 is 4.74 Å². The molecule has 0 N–H and O–H groups in total. The quantitative estimate of drug-likeness (QED) is 0.671. The summed E-state index contributed by atoms with van der Waals surface area (Å²) in [6.07, 6.45) is 3.12. The number of halogens is 1. The van der Waals surface area contributed by atoms with Gasteiger partial charge >= 0.3 is 0 Å². The van der Waals surface area contributed by atoms with Gasteiger partial charge in [0, 0.05) is 11.5 Å². The van der Waals surface area contributed by atoms with Crippen LogP contribution in [0.4, 0.5) is 4.39 Å². The molecule has 0 aliphatic heterocycles. The Bertz CT molecular complexity index is 749. The largest absolute Gasteiger partial charge is 0.491 e. The molecular formula is C22H25FO2. The van der Waals surface area contributed by atoms with Crippen LogP contribution in [-0.2, 0) is 11.2 Å². The maximum atomic E-state index is 14.2. The van der Waals surface area contributed by atoms with Gasteiger partial charge in [-0.1, -0.05) is 24.3 Å². The molecule has 0 radical (unpaired) electrons. The first-order valence-electron chi connectivity index (χ1n) is 9.00. The molecule has 2 aromatic carbocycles. The van der Waals surface area contributed by atoms with Crippen LogP contribution in [0.1, 0.15) is 39.2 Å². The van der Waals surface area contributed by atoms with Gasteiger partial charge in [0.1, 0.15) is 17.3 Å². The van der Waals surface area contributed by atoms with Crippen LogP contribution in [0.15, 0.2) is 42.5 Å². The fourth-order valence-electron chi connectivity index (χ4n) is 3.34. The summed E-state index contributed by atoms with van der Waals surface area (Å²) in [5.74, 6) is 1.60. The molecule has 2 aromatic rings. The molecule has 0 saturated heterocycles. The number of carbonyl (C=O) groups excluding carboxylic acids is 1. The lowest BCUT2D eigenvalue weighted by Gasteiger charge is -2.12. The van der Waals surface area contributed by atoms with E-state index in [4.69, 9.17) is 4.74 Å². The van der Waals surface area contributed by atoms with E-state index in [1.54, 1.807) is 19.1 Å². The Hall–Kier alpha value is -2.16. The summed E-state index contributed by atoms with van der Waals surface area (Å²) in [4.78, 5) is 11.3. The average Bonchev–Trinajstić information content (AvgIpc) is 3.35. The molecule has 132 valence electrons. The van der Waals surface area contributed by atoms with Gasteiger partial charge in [-0.15, -0.1) is 0 Å². The van der Waals surface area contributed by atoms with Gasteiger partial charge in [0.05, 0.1) is 6.10 Å². The van der Waals surface area contributed by atoms with Crippen molar-refractivity contribution in [3.05, 3.63) is 53.8 Å². The van der Waals surface area contributed by atoms with Crippen LogP contribution in [0.25, 0.3) is 11.1 Å². The summed E-state index contributed by atoms with van der Waals surface area (Å²) in [7, 11) is 0. The zero-order valence-electron chi connectivity index (χ0n) is 15.1. The van der Waals surface area contributed by atoms with E-state index >= 15 is 0 Å². The fourth-order valence-corrected chi connectivity index (χ4v) is 3.34. The highest BCUT2D eigenvalue weighted by molar-refractivity contribution is 5.81. The molecule has 0 amide bonds. The van der Waals surface area contributed by atoms with Gasteiger partial charge in [-0.25, -0.2) is 4.39 Å². The van der Waals surface area contributed by atoms with Gasteiger partial charge in [0.25, 0.3) is 0 Å². The molecule has 1 fully saturated rings. The van der Waals surface area contributed by atoms with Gasteiger partial charge in [0.15, 0.2) is 0 Å². The van der Waals surface area contributed by atoms with E-state index in [2.05, 4.69) is 12.1 Å². The Morgan fingerprint density at radius 1 is 1.20 bits per heavy atom. The smallest absolute Gasteiger partial charge is 0.133 e. The number of ether oxygens (including phenoxy) is 1. The van der Waals surface area contributed by atoms with Crippen LogP contribution in [-0.4, -0.2) is 11.9 Å². The molecule has 1 saturated carbocycles. The van der Waals surface area contributed by atoms with Gasteiger partial charge in [-0.05, 0) is 75.3 Å². The highest BCUT2D eigenvalue weighted by Gasteiger charge is 2.39. The third kappa shape index (κ3) is 4.47. The molecular weight excluding hydrogens is 315 g/mol. The molecule has 2 atom stereocenters. The van der Waals surface area contributed by atoms with Crippen LogP contribution in [0.5, 0.6) is 5.75 Å². The second-order valence-electron chi connectivity index (χ2n) is 7.26. The van der Waals surface area contributed by atoms with Gasteiger partial charge in [-0.2, -0.15) is 0 Å². The van der Waals surface area contributed by atoms with E-state index in [-0.39, 0.29) is 17.8 Å². The van der Waals surface area contributed by atoms with E-state index in [1.165, 1.54) is 11.6 Å². The number of aryl methyl sites for hydroxylation is 1. The van der Waals surface area contributed by atoms with Crippen molar-refractivity contribution in [1.82, 2.24) is 0 Å². The topological polar surface area (TPSA) is 26.3 Å². The van der Waals surface area contributed by atoms with Crippen LogP contribution in [0.3, 0.4) is 0 Å². The van der Waals surface area contributed by atoms with Crippen molar-refractivity contribution in [1.29, 1.82) is 0 Å². The lowest BCUT2D eigenvalue weighted by molar-refractivity contribution is -0.118. The van der Waals surface area contributed by atoms with Gasteiger partial charge in [0.2, 0.25) is 0 Å². The second-order valence-corrected chi connectivity index (χ2v) is 7.26. The first-order valence-corrected chi connectivity index (χ1v) is 9.00. The van der Waals surface area contributed by atoms with Crippen molar-refractivity contribution in [2.24, 2.45) is 11.8 Å². The van der Waals surface area contributed by atoms with Crippen molar-refractivity contribution >= 4 is 5.78 Å². The van der Waals surface area contributed by atoms with Crippen LogP contribution in [0, 0.1) is 17.7 Å². The summed E-state index contributed by atoms with van der Waals surface area (Å²) in [5.41, 5.74) is 2.64. The monoisotopic (exact) mass is 340 g/mol. The van der Waals surface area contributed by atoms with E-state index in [0.29, 0.717) is 23.0 Å². The van der Waals surface area contributed by atoms with Crippen molar-refractivity contribution in [3.8, 4) is 16.9 Å². The minimum absolute atomic E-state index is 0.0574. The lowest BCUT2D eigenvalue weighted by Crippen LogP contribution is -2.05. The summed E-state index contributed by atoms with van der Waals surface area (Å²) in [6.45, 7) is 5.59. The molecule has 0 spiro atoms. The molecule has 25 heavy (non-hydrogen) atoms. The standard InChI is InChI=1S/C22H25FO2/c1-14(2)25-19-10-11-22(23)21(13-19)17-7-4-16(5-8-17)6-9-18-12-20(18)15(3)24/h4-5,7-8,10-11,13-14,18,20H,6,9,12H2,1-3H3. The zero-order chi connectivity index (χ0) is 18.0. The Balaban J connectivity index is 1.67. The maximum Gasteiger partial charge on any atom is 0.133 e. The predicted octanol–water partition coefficient (Wildman–Crippen LogP) is 5.44. The number of carbonyl (C=O) groups is 1. The van der Waals surface area contributed by atoms with Crippen molar-refractivity contribution in [2.75, 3.05) is 0 Å². The first-order chi connectivity index (χ1) is 11.9. The minimum atomic E-state index is -0.244. The second kappa shape index (κ2) is 7.38. The van der Waals surface area contributed by atoms with E-state index in [1.807, 2.05) is 26.0 Å². The van der Waals surface area contributed by atoms with E-state index in [0.717, 1.165) is 24.8 Å². The van der Waals surface area contributed by atoms with Crippen LogP contribution < -0.4 is 4.74 Å². The van der Waals surface area contributed by atoms with Crippen molar-refractivity contribution < 1.29 is 13.9 Å². The Kier molecular flexibility index (Phi) is 5.22. The number of hydrogen-bond donors (Lipinski definition) is 0. The number of rotatable bonds is 7. The van der Waals surface area contributed by atoms with Crippen molar-refractivity contribution in [3.63, 3.8) is 0 Å². The highest BCUT2D eigenvalue weighted by Crippen LogP contribution is 2.42. The molecule has 0 heterocycles. The van der Waals surface area contributed by atoms with E-state index < -0.39 is 0 Å². The summed E-state index contributed by atoms with van der Waals surface area (Å²) in [5, 5.41) is 0. The molecule has 0 bridgehead atoms.